The normalized spacial score (nSPS) is 14.2. The van der Waals surface area contributed by atoms with Crippen molar-refractivity contribution in [2.75, 3.05) is 4.90 Å². The summed E-state index contributed by atoms with van der Waals surface area (Å²) >= 11 is 0. The van der Waals surface area contributed by atoms with Gasteiger partial charge >= 0.3 is 0 Å². The molecule has 4 nitrogen and oxygen atoms in total. The van der Waals surface area contributed by atoms with E-state index in [2.05, 4.69) is 359 Å². The van der Waals surface area contributed by atoms with Crippen LogP contribution in [0.5, 0.6) is 34.5 Å². The van der Waals surface area contributed by atoms with E-state index >= 15 is 0 Å². The summed E-state index contributed by atoms with van der Waals surface area (Å²) in [6.07, 6.45) is 0. The average Bonchev–Trinajstić information content (AvgIpc) is 1.67. The van der Waals surface area contributed by atoms with Gasteiger partial charge in [0.1, 0.15) is 34.5 Å². The highest BCUT2D eigenvalue weighted by Gasteiger charge is 2.54. The lowest BCUT2D eigenvalue weighted by Crippen LogP contribution is -2.59. The summed E-state index contributed by atoms with van der Waals surface area (Å²) in [5.74, 6) is 5.12. The number of ether oxygens (including phenoxy) is 3. The van der Waals surface area contributed by atoms with Crippen LogP contribution in [0.1, 0.15) is 70.8 Å². The van der Waals surface area contributed by atoms with Crippen LogP contribution in [0.25, 0.3) is 77.9 Å². The fourth-order valence-electron chi connectivity index (χ4n) is 18.3. The van der Waals surface area contributed by atoms with Gasteiger partial charge in [0, 0.05) is 50.3 Å². The number of rotatable bonds is 6. The number of anilines is 3. The maximum atomic E-state index is 7.83. The standard InChI is InChI=1S/C96H64BNO3/c1-94(2,3)66-57-85-91-90(58-66)101-93-73(61-30-11-6-12-31-61)52-65(60-28-9-5-10-29-60)56-83(93)97(91)82-55-62(59-26-7-4-8-27-59)46-49-84(82)98(85)92-67(63-47-50-88-80(53-63)95(78-42-21-23-44-86(78)99-88)74-38-17-13-32-69(74)70-33-14-18-39-75(70)95)36-25-37-68(92)64-48-51-89-81(54-64)96(79-43-22-24-45-87(79)100-89)76-40-19-15-34-71(76)72-35-16-20-41-77(72)96/h4-58H,1-3H3. The van der Waals surface area contributed by atoms with Crippen molar-refractivity contribution >= 4 is 40.2 Å². The molecule has 0 saturated carbocycles. The summed E-state index contributed by atoms with van der Waals surface area (Å²) in [6.45, 7) is 6.72. The molecule has 4 aliphatic heterocycles. The van der Waals surface area contributed by atoms with Gasteiger partial charge in [0.05, 0.1) is 16.5 Å². The third kappa shape index (κ3) is 8.14. The largest absolute Gasteiger partial charge is 0.458 e. The highest BCUT2D eigenvalue weighted by molar-refractivity contribution is 6.99. The SMILES string of the molecule is CC(C)(C)c1cc2c3c(c1)N(c1c(-c4ccc5c(c4)C4(c6ccccc6O5)c5ccccc5-c5ccccc54)cccc1-c1ccc4c(c1)C1(c5ccccc5O4)c4ccccc4-c4ccccc41)c1ccc(-c4ccccc4)cc1B3c1cc(-c3ccccc3)cc(-c3ccccc3)c1O2. The van der Waals surface area contributed by atoms with Crippen molar-refractivity contribution in [3.63, 3.8) is 0 Å². The Morgan fingerprint density at radius 2 is 0.683 bits per heavy atom. The highest BCUT2D eigenvalue weighted by Crippen LogP contribution is 2.65. The van der Waals surface area contributed by atoms with E-state index in [-0.39, 0.29) is 12.1 Å². The predicted molar refractivity (Wildman–Crippen MR) is 413 cm³/mol. The molecule has 15 aromatic carbocycles. The van der Waals surface area contributed by atoms with Crippen molar-refractivity contribution in [2.24, 2.45) is 0 Å². The molecule has 5 heteroatoms. The Morgan fingerprint density at radius 1 is 0.267 bits per heavy atom. The zero-order valence-corrected chi connectivity index (χ0v) is 56.0. The number of para-hydroxylation sites is 3. The van der Waals surface area contributed by atoms with Gasteiger partial charge in [-0.3, -0.25) is 0 Å². The molecule has 0 aromatic heterocycles. The minimum atomic E-state index is -0.705. The lowest BCUT2D eigenvalue weighted by molar-refractivity contribution is 0.436. The van der Waals surface area contributed by atoms with Crippen molar-refractivity contribution in [3.05, 3.63) is 384 Å². The molecule has 0 fully saturated rings. The first-order valence-corrected chi connectivity index (χ1v) is 35.2. The molecule has 0 bridgehead atoms. The molecule has 6 aliphatic rings. The van der Waals surface area contributed by atoms with Crippen LogP contribution in [0.4, 0.5) is 17.1 Å². The van der Waals surface area contributed by atoms with Crippen molar-refractivity contribution in [2.45, 2.75) is 37.0 Å². The monoisotopic (exact) mass is 1290 g/mol. The van der Waals surface area contributed by atoms with E-state index in [0.29, 0.717) is 0 Å². The van der Waals surface area contributed by atoms with Gasteiger partial charge < -0.3 is 19.1 Å². The van der Waals surface area contributed by atoms with E-state index in [1.165, 1.54) is 55.5 Å². The van der Waals surface area contributed by atoms with Gasteiger partial charge in [0.25, 0.3) is 6.71 Å². The Balaban J connectivity index is 0.883. The molecule has 4 heterocycles. The first-order valence-electron chi connectivity index (χ1n) is 35.2. The van der Waals surface area contributed by atoms with Gasteiger partial charge in [0.15, 0.2) is 0 Å². The number of nitrogens with zero attached hydrogens (tertiary/aromatic N) is 1. The maximum Gasteiger partial charge on any atom is 0.256 e. The maximum absolute atomic E-state index is 7.83. The number of hydrogen-bond acceptors (Lipinski definition) is 4. The number of benzene rings is 15. The fourth-order valence-corrected chi connectivity index (χ4v) is 18.3. The van der Waals surface area contributed by atoms with E-state index < -0.39 is 10.8 Å². The molecule has 0 amide bonds. The predicted octanol–water partition coefficient (Wildman–Crippen LogP) is 22.7. The third-order valence-electron chi connectivity index (χ3n) is 22.6. The zero-order chi connectivity index (χ0) is 66.9. The molecule has 0 atom stereocenters. The van der Waals surface area contributed by atoms with Gasteiger partial charge in [-0.25, -0.2) is 0 Å². The summed E-state index contributed by atoms with van der Waals surface area (Å²) in [6, 6.07) is 124. The molecular formula is C96H64BNO3. The summed E-state index contributed by atoms with van der Waals surface area (Å²) in [7, 11) is 0. The molecule has 0 unspecified atom stereocenters. The van der Waals surface area contributed by atoms with Crippen LogP contribution in [0.3, 0.4) is 0 Å². The van der Waals surface area contributed by atoms with E-state index in [9.17, 15) is 0 Å². The van der Waals surface area contributed by atoms with E-state index in [0.717, 1.165) is 140 Å². The van der Waals surface area contributed by atoms with Crippen LogP contribution in [-0.4, -0.2) is 6.71 Å². The van der Waals surface area contributed by atoms with E-state index in [1.807, 2.05) is 0 Å². The molecule has 474 valence electrons. The Labute approximate surface area is 588 Å². The molecule has 0 N–H and O–H groups in total. The summed E-state index contributed by atoms with van der Waals surface area (Å²) in [5.41, 5.74) is 31.4. The van der Waals surface area contributed by atoms with Gasteiger partial charge in [-0.2, -0.15) is 0 Å². The van der Waals surface area contributed by atoms with Gasteiger partial charge in [-0.15, -0.1) is 0 Å². The number of hydrogen-bond donors (Lipinski definition) is 0. The molecule has 0 radical (unpaired) electrons. The van der Waals surface area contributed by atoms with E-state index in [4.69, 9.17) is 14.2 Å². The lowest BCUT2D eigenvalue weighted by atomic mass is 9.33. The van der Waals surface area contributed by atoms with Crippen LogP contribution in [0.15, 0.2) is 334 Å². The average molecular weight is 1290 g/mol. The van der Waals surface area contributed by atoms with Gasteiger partial charge in [-0.05, 0) is 171 Å². The van der Waals surface area contributed by atoms with E-state index in [1.54, 1.807) is 0 Å². The smallest absolute Gasteiger partial charge is 0.256 e. The Hall–Kier alpha value is -12.4. The second kappa shape index (κ2) is 21.5. The summed E-state index contributed by atoms with van der Waals surface area (Å²) in [5, 5.41) is 0. The Morgan fingerprint density at radius 3 is 1.19 bits per heavy atom. The molecule has 15 aromatic rings. The molecule has 2 aliphatic carbocycles. The Kier molecular flexibility index (Phi) is 12.3. The van der Waals surface area contributed by atoms with Crippen LogP contribution in [0, 0.1) is 0 Å². The van der Waals surface area contributed by atoms with Crippen LogP contribution in [0.2, 0.25) is 0 Å². The quantitative estimate of drug-likeness (QED) is 0.155. The summed E-state index contributed by atoms with van der Waals surface area (Å²) < 4.78 is 22.2. The topological polar surface area (TPSA) is 30.9 Å². The van der Waals surface area contributed by atoms with Crippen molar-refractivity contribution in [1.82, 2.24) is 0 Å². The molecule has 0 saturated heterocycles. The molecule has 2 spiro atoms. The summed E-state index contributed by atoms with van der Waals surface area (Å²) in [4.78, 5) is 2.63. The third-order valence-corrected chi connectivity index (χ3v) is 22.6. The van der Waals surface area contributed by atoms with Crippen molar-refractivity contribution in [3.8, 4) is 112 Å². The molecular weight excluding hydrogens is 1230 g/mol. The van der Waals surface area contributed by atoms with Crippen LogP contribution >= 0.6 is 0 Å². The van der Waals surface area contributed by atoms with Crippen LogP contribution < -0.4 is 35.5 Å². The minimum absolute atomic E-state index is 0.263. The molecule has 21 rings (SSSR count). The van der Waals surface area contributed by atoms with Crippen LogP contribution in [-0.2, 0) is 16.2 Å². The van der Waals surface area contributed by atoms with Crippen molar-refractivity contribution in [1.29, 1.82) is 0 Å². The second-order valence-corrected chi connectivity index (χ2v) is 28.8. The fraction of sp³-hybridized carbons (Fsp3) is 0.0625. The zero-order valence-electron chi connectivity index (χ0n) is 56.0. The first kappa shape index (κ1) is 57.6. The Bertz CT molecular complexity index is 5700. The lowest BCUT2D eigenvalue weighted by Gasteiger charge is -2.43. The van der Waals surface area contributed by atoms with Gasteiger partial charge in [0.2, 0.25) is 0 Å². The number of fused-ring (bicyclic) bond motifs is 22. The minimum Gasteiger partial charge on any atom is -0.458 e. The highest BCUT2D eigenvalue weighted by atomic mass is 16.5. The van der Waals surface area contributed by atoms with Crippen molar-refractivity contribution < 1.29 is 14.2 Å². The van der Waals surface area contributed by atoms with Gasteiger partial charge in [-0.1, -0.05) is 294 Å². The molecule has 101 heavy (non-hydrogen) atoms. The second-order valence-electron chi connectivity index (χ2n) is 28.8. The first-order chi connectivity index (χ1) is 49.7.